The fourth-order valence-corrected chi connectivity index (χ4v) is 1.69. The van der Waals surface area contributed by atoms with Gasteiger partial charge in [-0.25, -0.2) is 0 Å². The number of hydrogen-bond donors (Lipinski definition) is 1. The van der Waals surface area contributed by atoms with Gasteiger partial charge >= 0.3 is 5.97 Å². The largest absolute Gasteiger partial charge is 0.466 e. The minimum atomic E-state index is -0.0867. The Morgan fingerprint density at radius 2 is 2.11 bits per heavy atom. The zero-order valence-corrected chi connectivity index (χ0v) is 11.4. The van der Waals surface area contributed by atoms with Crippen LogP contribution in [0.25, 0.3) is 0 Å². The van der Waals surface area contributed by atoms with Crippen molar-refractivity contribution in [3.8, 4) is 0 Å². The van der Waals surface area contributed by atoms with Crippen LogP contribution in [-0.2, 0) is 16.1 Å². The Hall–Kier alpha value is -1.35. The molecule has 0 aliphatic rings. The number of hydrogen-bond acceptors (Lipinski definition) is 3. The molecule has 0 heterocycles. The molecule has 0 unspecified atom stereocenters. The van der Waals surface area contributed by atoms with E-state index in [1.807, 2.05) is 13.0 Å². The highest BCUT2D eigenvalue weighted by Gasteiger charge is 2.00. The highest BCUT2D eigenvalue weighted by Crippen LogP contribution is 2.05. The van der Waals surface area contributed by atoms with Crippen molar-refractivity contribution in [1.82, 2.24) is 5.32 Å². The summed E-state index contributed by atoms with van der Waals surface area (Å²) in [5, 5.41) is 3.36. The first-order chi connectivity index (χ1) is 8.74. The lowest BCUT2D eigenvalue weighted by Crippen LogP contribution is -2.17. The Kier molecular flexibility index (Phi) is 7.11. The zero-order valence-electron chi connectivity index (χ0n) is 11.4. The van der Waals surface area contributed by atoms with Gasteiger partial charge in [0.15, 0.2) is 0 Å². The summed E-state index contributed by atoms with van der Waals surface area (Å²) in [6.07, 6.45) is 2.24. The maximum atomic E-state index is 11.1. The monoisotopic (exact) mass is 249 g/mol. The molecule has 0 aliphatic heterocycles. The molecule has 1 rings (SSSR count). The number of benzene rings is 1. The molecule has 3 heteroatoms. The van der Waals surface area contributed by atoms with Gasteiger partial charge in [0.25, 0.3) is 0 Å². The van der Waals surface area contributed by atoms with Crippen LogP contribution in [0.15, 0.2) is 24.3 Å². The number of carbonyl (C=O) groups excluding carboxylic acids is 1. The average molecular weight is 249 g/mol. The van der Waals surface area contributed by atoms with Gasteiger partial charge in [-0.1, -0.05) is 31.2 Å². The second-order valence-corrected chi connectivity index (χ2v) is 4.43. The van der Waals surface area contributed by atoms with Gasteiger partial charge < -0.3 is 10.1 Å². The van der Waals surface area contributed by atoms with Crippen molar-refractivity contribution in [2.24, 2.45) is 0 Å². The summed E-state index contributed by atoms with van der Waals surface area (Å²) in [7, 11) is 0. The summed E-state index contributed by atoms with van der Waals surface area (Å²) in [6, 6.07) is 8.34. The summed E-state index contributed by atoms with van der Waals surface area (Å²) in [5.74, 6) is -0.0867. The molecule has 1 N–H and O–H groups in total. The third-order valence-electron chi connectivity index (χ3n) is 2.79. The van der Waals surface area contributed by atoms with Crippen LogP contribution in [-0.4, -0.2) is 19.1 Å². The van der Waals surface area contributed by atoms with E-state index in [2.05, 4.69) is 30.4 Å². The lowest BCUT2D eigenvalue weighted by molar-refractivity contribution is -0.143. The van der Waals surface area contributed by atoms with Gasteiger partial charge in [-0.15, -0.1) is 0 Å². The fraction of sp³-hybridized carbons (Fsp3) is 0.533. The molecule has 0 saturated heterocycles. The second-order valence-electron chi connectivity index (χ2n) is 4.43. The van der Waals surface area contributed by atoms with Crippen molar-refractivity contribution in [2.45, 2.75) is 39.7 Å². The average Bonchev–Trinajstić information content (AvgIpc) is 2.36. The normalized spacial score (nSPS) is 10.3. The van der Waals surface area contributed by atoms with Crippen LogP contribution < -0.4 is 5.32 Å². The standard InChI is InChI=1S/C15H23NO2/c1-3-7-15(17)18-11-6-10-16-12-14-9-5-4-8-13(14)2/h4-5,8-9,16H,3,6-7,10-12H2,1-2H3. The third kappa shape index (κ3) is 5.82. The van der Waals surface area contributed by atoms with Crippen molar-refractivity contribution >= 4 is 5.97 Å². The highest BCUT2D eigenvalue weighted by molar-refractivity contribution is 5.69. The molecule has 0 atom stereocenters. The van der Waals surface area contributed by atoms with Gasteiger partial charge in [-0.05, 0) is 37.4 Å². The molecular formula is C15H23NO2. The van der Waals surface area contributed by atoms with Gasteiger partial charge in [0.05, 0.1) is 6.61 Å². The summed E-state index contributed by atoms with van der Waals surface area (Å²) in [4.78, 5) is 11.1. The van der Waals surface area contributed by atoms with Gasteiger partial charge in [-0.2, -0.15) is 0 Å². The van der Waals surface area contributed by atoms with Crippen LogP contribution in [0, 0.1) is 6.92 Å². The first kappa shape index (κ1) is 14.7. The van der Waals surface area contributed by atoms with Crippen molar-refractivity contribution in [3.05, 3.63) is 35.4 Å². The Balaban J connectivity index is 2.06. The molecule has 0 bridgehead atoms. The van der Waals surface area contributed by atoms with Gasteiger partial charge in [0.1, 0.15) is 0 Å². The predicted octanol–water partition coefficient (Wildman–Crippen LogP) is 2.82. The number of ether oxygens (including phenoxy) is 1. The molecule has 0 spiro atoms. The molecule has 0 radical (unpaired) electrons. The Labute approximate surface area is 110 Å². The number of aryl methyl sites for hydroxylation is 1. The number of esters is 1. The number of rotatable bonds is 8. The topological polar surface area (TPSA) is 38.3 Å². The molecule has 100 valence electrons. The quantitative estimate of drug-likeness (QED) is 0.568. The summed E-state index contributed by atoms with van der Waals surface area (Å²) in [5.41, 5.74) is 2.62. The minimum Gasteiger partial charge on any atom is -0.466 e. The highest BCUT2D eigenvalue weighted by atomic mass is 16.5. The Morgan fingerprint density at radius 3 is 2.83 bits per heavy atom. The molecule has 0 amide bonds. The van der Waals surface area contributed by atoms with E-state index in [-0.39, 0.29) is 5.97 Å². The molecule has 0 aliphatic carbocycles. The van der Waals surface area contributed by atoms with Crippen molar-refractivity contribution in [2.75, 3.05) is 13.2 Å². The number of carbonyl (C=O) groups is 1. The van der Waals surface area contributed by atoms with E-state index in [1.165, 1.54) is 11.1 Å². The molecule has 1 aromatic carbocycles. The smallest absolute Gasteiger partial charge is 0.305 e. The van der Waals surface area contributed by atoms with Crippen LogP contribution in [0.4, 0.5) is 0 Å². The van der Waals surface area contributed by atoms with Gasteiger partial charge in [0, 0.05) is 13.0 Å². The lowest BCUT2D eigenvalue weighted by atomic mass is 10.1. The molecule has 0 fully saturated rings. The summed E-state index contributed by atoms with van der Waals surface area (Å²) < 4.78 is 5.08. The van der Waals surface area contributed by atoms with E-state index in [4.69, 9.17) is 4.74 Å². The molecule has 0 saturated carbocycles. The SMILES string of the molecule is CCCC(=O)OCCCNCc1ccccc1C. The summed E-state index contributed by atoms with van der Waals surface area (Å²) in [6.45, 7) is 6.34. The van der Waals surface area contributed by atoms with Crippen molar-refractivity contribution < 1.29 is 9.53 Å². The number of nitrogens with one attached hydrogen (secondary N) is 1. The van der Waals surface area contributed by atoms with Crippen LogP contribution >= 0.6 is 0 Å². The molecule has 3 nitrogen and oxygen atoms in total. The Bertz CT molecular complexity index is 363. The van der Waals surface area contributed by atoms with Crippen LogP contribution in [0.1, 0.15) is 37.3 Å². The molecule has 1 aromatic rings. The van der Waals surface area contributed by atoms with Crippen LogP contribution in [0.2, 0.25) is 0 Å². The third-order valence-corrected chi connectivity index (χ3v) is 2.79. The first-order valence-electron chi connectivity index (χ1n) is 6.65. The van der Waals surface area contributed by atoms with E-state index >= 15 is 0 Å². The molecule has 18 heavy (non-hydrogen) atoms. The first-order valence-corrected chi connectivity index (χ1v) is 6.65. The second kappa shape index (κ2) is 8.70. The van der Waals surface area contributed by atoms with Gasteiger partial charge in [-0.3, -0.25) is 4.79 Å². The van der Waals surface area contributed by atoms with E-state index in [9.17, 15) is 4.79 Å². The lowest BCUT2D eigenvalue weighted by Gasteiger charge is -2.08. The van der Waals surface area contributed by atoms with E-state index in [0.29, 0.717) is 13.0 Å². The van der Waals surface area contributed by atoms with Crippen molar-refractivity contribution in [3.63, 3.8) is 0 Å². The van der Waals surface area contributed by atoms with E-state index in [0.717, 1.165) is 25.9 Å². The maximum absolute atomic E-state index is 11.1. The van der Waals surface area contributed by atoms with E-state index in [1.54, 1.807) is 0 Å². The Morgan fingerprint density at radius 1 is 1.33 bits per heavy atom. The fourth-order valence-electron chi connectivity index (χ4n) is 1.69. The molecular weight excluding hydrogens is 226 g/mol. The predicted molar refractivity (Wildman–Crippen MR) is 73.4 cm³/mol. The van der Waals surface area contributed by atoms with E-state index < -0.39 is 0 Å². The zero-order chi connectivity index (χ0) is 13.2. The molecule has 0 aromatic heterocycles. The van der Waals surface area contributed by atoms with Crippen LogP contribution in [0.5, 0.6) is 0 Å². The van der Waals surface area contributed by atoms with Crippen molar-refractivity contribution in [1.29, 1.82) is 0 Å². The van der Waals surface area contributed by atoms with Gasteiger partial charge in [0.2, 0.25) is 0 Å². The maximum Gasteiger partial charge on any atom is 0.305 e. The van der Waals surface area contributed by atoms with Crippen LogP contribution in [0.3, 0.4) is 0 Å². The minimum absolute atomic E-state index is 0.0867. The summed E-state index contributed by atoms with van der Waals surface area (Å²) >= 11 is 0.